The van der Waals surface area contributed by atoms with Crippen molar-refractivity contribution >= 4 is 71.3 Å². The van der Waals surface area contributed by atoms with E-state index in [2.05, 4.69) is 169 Å². The SMILES string of the molecule is c1ccc(-c2ccc3c(oc4c5ccccc5c5ccccc5c34)c2N(c2ccccc2)c2ccc3ccccc3c2)cc1. The zero-order valence-corrected chi connectivity index (χ0v) is 23.9. The molecule has 0 radical (unpaired) electrons. The van der Waals surface area contributed by atoms with Gasteiger partial charge in [0.2, 0.25) is 0 Å². The highest BCUT2D eigenvalue weighted by Crippen LogP contribution is 2.50. The number of nitrogens with zero attached hydrogens (tertiary/aromatic N) is 1. The average molecular weight is 562 g/mol. The molecule has 44 heavy (non-hydrogen) atoms. The average Bonchev–Trinajstić information content (AvgIpc) is 3.50. The van der Waals surface area contributed by atoms with Gasteiger partial charge in [-0.05, 0) is 62.8 Å². The third-order valence-corrected chi connectivity index (χ3v) is 8.80. The Bertz CT molecular complexity index is 2490. The Kier molecular flexibility index (Phi) is 5.54. The molecule has 0 N–H and O–H groups in total. The molecule has 2 nitrogen and oxygen atoms in total. The molecular formula is C42H27NO. The summed E-state index contributed by atoms with van der Waals surface area (Å²) in [4.78, 5) is 2.36. The van der Waals surface area contributed by atoms with E-state index in [1.807, 2.05) is 0 Å². The lowest BCUT2D eigenvalue weighted by Crippen LogP contribution is -2.11. The molecule has 0 aliphatic carbocycles. The number of hydrogen-bond acceptors (Lipinski definition) is 2. The molecule has 9 aromatic rings. The molecule has 0 atom stereocenters. The molecule has 0 saturated heterocycles. The molecule has 0 aliphatic heterocycles. The molecule has 0 saturated carbocycles. The molecule has 2 heteroatoms. The van der Waals surface area contributed by atoms with Crippen LogP contribution in [0.15, 0.2) is 168 Å². The van der Waals surface area contributed by atoms with Crippen LogP contribution in [0.1, 0.15) is 0 Å². The number of hydrogen-bond donors (Lipinski definition) is 0. The molecule has 0 amide bonds. The summed E-state index contributed by atoms with van der Waals surface area (Å²) >= 11 is 0. The van der Waals surface area contributed by atoms with Crippen LogP contribution < -0.4 is 4.90 Å². The Morgan fingerprint density at radius 2 is 1.00 bits per heavy atom. The summed E-state index contributed by atoms with van der Waals surface area (Å²) in [6, 6.07) is 58.3. The lowest BCUT2D eigenvalue weighted by molar-refractivity contribution is 0.673. The smallest absolute Gasteiger partial charge is 0.160 e. The van der Waals surface area contributed by atoms with Crippen LogP contribution in [0.25, 0.3) is 65.4 Å². The Hall–Kier alpha value is -5.86. The van der Waals surface area contributed by atoms with E-state index in [0.29, 0.717) is 0 Å². The first-order valence-electron chi connectivity index (χ1n) is 15.0. The van der Waals surface area contributed by atoms with Gasteiger partial charge in [0.05, 0.1) is 5.69 Å². The van der Waals surface area contributed by atoms with Crippen LogP contribution in [0.3, 0.4) is 0 Å². The number of para-hydroxylation sites is 1. The lowest BCUT2D eigenvalue weighted by Gasteiger charge is -2.28. The molecule has 1 aromatic heterocycles. The minimum absolute atomic E-state index is 0.875. The Morgan fingerprint density at radius 1 is 0.386 bits per heavy atom. The monoisotopic (exact) mass is 561 g/mol. The predicted molar refractivity (Wildman–Crippen MR) is 186 cm³/mol. The van der Waals surface area contributed by atoms with Gasteiger partial charge >= 0.3 is 0 Å². The second-order valence-electron chi connectivity index (χ2n) is 11.3. The van der Waals surface area contributed by atoms with E-state index < -0.39 is 0 Å². The molecule has 0 spiro atoms. The predicted octanol–water partition coefficient (Wildman–Crippen LogP) is 12.2. The number of benzene rings is 8. The number of furan rings is 1. The summed E-state index contributed by atoms with van der Waals surface area (Å²) in [5.41, 5.74) is 7.23. The Balaban J connectivity index is 1.47. The Labute approximate surface area is 255 Å². The van der Waals surface area contributed by atoms with Crippen LogP contribution >= 0.6 is 0 Å². The first kappa shape index (κ1) is 24.7. The zero-order valence-electron chi connectivity index (χ0n) is 23.9. The second-order valence-corrected chi connectivity index (χ2v) is 11.3. The molecule has 0 fully saturated rings. The van der Waals surface area contributed by atoms with Gasteiger partial charge in [0.25, 0.3) is 0 Å². The van der Waals surface area contributed by atoms with Crippen LogP contribution in [0.5, 0.6) is 0 Å². The van der Waals surface area contributed by atoms with E-state index in [0.717, 1.165) is 55.5 Å². The standard InChI is InChI=1S/C42H27NO/c1-3-14-29(15-4-1)33-25-26-38-39-36-21-11-9-19-34(36)35-20-10-12-22-37(35)41(39)44-42(38)40(33)43(31-17-5-2-6-18-31)32-24-23-28-13-7-8-16-30(28)27-32/h1-27H. The summed E-state index contributed by atoms with van der Waals surface area (Å²) in [5, 5.41) is 9.45. The lowest BCUT2D eigenvalue weighted by atomic mass is 9.95. The van der Waals surface area contributed by atoms with Crippen LogP contribution in [0, 0.1) is 0 Å². The van der Waals surface area contributed by atoms with Gasteiger partial charge in [-0.3, -0.25) is 0 Å². The summed E-state index contributed by atoms with van der Waals surface area (Å²) in [6.45, 7) is 0. The summed E-state index contributed by atoms with van der Waals surface area (Å²) in [7, 11) is 0. The van der Waals surface area contributed by atoms with E-state index in [-0.39, 0.29) is 0 Å². The summed E-state index contributed by atoms with van der Waals surface area (Å²) in [6.07, 6.45) is 0. The van der Waals surface area contributed by atoms with E-state index in [9.17, 15) is 0 Å². The van der Waals surface area contributed by atoms with Gasteiger partial charge in [-0.2, -0.15) is 0 Å². The van der Waals surface area contributed by atoms with E-state index in [1.54, 1.807) is 0 Å². The molecule has 0 aliphatic rings. The van der Waals surface area contributed by atoms with E-state index >= 15 is 0 Å². The molecule has 1 heterocycles. The third kappa shape index (κ3) is 3.75. The number of anilines is 3. The Morgan fingerprint density at radius 3 is 1.77 bits per heavy atom. The van der Waals surface area contributed by atoms with Crippen LogP contribution in [-0.2, 0) is 0 Å². The molecule has 0 unspecified atom stereocenters. The van der Waals surface area contributed by atoms with Crippen molar-refractivity contribution in [1.82, 2.24) is 0 Å². The van der Waals surface area contributed by atoms with Crippen molar-refractivity contribution in [3.8, 4) is 11.1 Å². The van der Waals surface area contributed by atoms with E-state index in [4.69, 9.17) is 4.42 Å². The van der Waals surface area contributed by atoms with Crippen molar-refractivity contribution in [1.29, 1.82) is 0 Å². The minimum Gasteiger partial charge on any atom is -0.453 e. The second kappa shape index (κ2) is 9.86. The molecule has 9 rings (SSSR count). The van der Waals surface area contributed by atoms with Gasteiger partial charge in [0.15, 0.2) is 5.58 Å². The normalized spacial score (nSPS) is 11.6. The van der Waals surface area contributed by atoms with Crippen molar-refractivity contribution in [3.05, 3.63) is 164 Å². The fourth-order valence-corrected chi connectivity index (χ4v) is 6.83. The van der Waals surface area contributed by atoms with Gasteiger partial charge < -0.3 is 9.32 Å². The highest BCUT2D eigenvalue weighted by Gasteiger charge is 2.25. The largest absolute Gasteiger partial charge is 0.453 e. The molecular weight excluding hydrogens is 534 g/mol. The molecule has 206 valence electrons. The van der Waals surface area contributed by atoms with Gasteiger partial charge in [-0.25, -0.2) is 0 Å². The van der Waals surface area contributed by atoms with Crippen LogP contribution in [-0.4, -0.2) is 0 Å². The van der Waals surface area contributed by atoms with Crippen molar-refractivity contribution in [2.45, 2.75) is 0 Å². The van der Waals surface area contributed by atoms with Gasteiger partial charge in [-0.1, -0.05) is 133 Å². The first-order valence-corrected chi connectivity index (χ1v) is 15.0. The van der Waals surface area contributed by atoms with E-state index in [1.165, 1.54) is 26.9 Å². The molecule has 8 aromatic carbocycles. The van der Waals surface area contributed by atoms with Gasteiger partial charge in [0.1, 0.15) is 5.58 Å². The van der Waals surface area contributed by atoms with Crippen molar-refractivity contribution in [2.24, 2.45) is 0 Å². The summed E-state index contributed by atoms with van der Waals surface area (Å²) in [5.74, 6) is 0. The fourth-order valence-electron chi connectivity index (χ4n) is 6.83. The number of fused-ring (bicyclic) bond motifs is 9. The topological polar surface area (TPSA) is 16.4 Å². The maximum atomic E-state index is 7.14. The first-order chi connectivity index (χ1) is 21.8. The van der Waals surface area contributed by atoms with Crippen molar-refractivity contribution in [3.63, 3.8) is 0 Å². The summed E-state index contributed by atoms with van der Waals surface area (Å²) < 4.78 is 7.14. The quantitative estimate of drug-likeness (QED) is 0.199. The maximum Gasteiger partial charge on any atom is 0.160 e. The zero-order chi connectivity index (χ0) is 29.0. The fraction of sp³-hybridized carbons (Fsp3) is 0. The van der Waals surface area contributed by atoms with Crippen molar-refractivity contribution in [2.75, 3.05) is 4.90 Å². The number of rotatable bonds is 4. The van der Waals surface area contributed by atoms with Crippen LogP contribution in [0.4, 0.5) is 17.1 Å². The van der Waals surface area contributed by atoms with Crippen LogP contribution in [0.2, 0.25) is 0 Å². The van der Waals surface area contributed by atoms with Crippen molar-refractivity contribution < 1.29 is 4.42 Å². The maximum absolute atomic E-state index is 7.14. The highest BCUT2D eigenvalue weighted by molar-refractivity contribution is 6.31. The molecule has 0 bridgehead atoms. The third-order valence-electron chi connectivity index (χ3n) is 8.80. The van der Waals surface area contributed by atoms with Gasteiger partial charge in [-0.15, -0.1) is 0 Å². The van der Waals surface area contributed by atoms with Gasteiger partial charge in [0, 0.05) is 33.1 Å². The highest BCUT2D eigenvalue weighted by atomic mass is 16.3. The minimum atomic E-state index is 0.875.